The average Bonchev–Trinajstić information content (AvgIpc) is 2.37. The largest absolute Gasteiger partial charge is 0.307 e. The number of hydrazine groups is 1. The summed E-state index contributed by atoms with van der Waals surface area (Å²) < 4.78 is 26.8. The second-order valence-corrected chi connectivity index (χ2v) is 6.57. The fourth-order valence-electron chi connectivity index (χ4n) is 2.30. The summed E-state index contributed by atoms with van der Waals surface area (Å²) in [6, 6.07) is 3.15. The van der Waals surface area contributed by atoms with Crippen LogP contribution >= 0.6 is 0 Å². The molecule has 1 fully saturated rings. The molecular weight excluding hydrogens is 264 g/mol. The molecule has 0 radical (unpaired) electrons. The smallest absolute Gasteiger partial charge is 0.246 e. The van der Waals surface area contributed by atoms with Gasteiger partial charge in [0.25, 0.3) is 0 Å². The third-order valence-electron chi connectivity index (χ3n) is 3.34. The van der Waals surface area contributed by atoms with Gasteiger partial charge in [-0.1, -0.05) is 19.3 Å². The van der Waals surface area contributed by atoms with Gasteiger partial charge in [0, 0.05) is 19.3 Å². The van der Waals surface area contributed by atoms with Gasteiger partial charge in [-0.05, 0) is 25.0 Å². The molecule has 2 rings (SSSR count). The lowest BCUT2D eigenvalue weighted by Crippen LogP contribution is -2.34. The molecule has 2 heterocycles. The Kier molecular flexibility index (Phi) is 4.73. The van der Waals surface area contributed by atoms with E-state index in [1.165, 1.54) is 18.7 Å². The van der Waals surface area contributed by atoms with Crippen LogP contribution in [0.25, 0.3) is 0 Å². The Balaban J connectivity index is 2.29. The monoisotopic (exact) mass is 284 g/mol. The molecule has 6 nitrogen and oxygen atoms in total. The molecule has 0 bridgehead atoms. The first-order valence-corrected chi connectivity index (χ1v) is 8.02. The fraction of sp³-hybridized carbons (Fsp3) is 0.583. The summed E-state index contributed by atoms with van der Waals surface area (Å²) in [5.74, 6) is 5.54. The topological polar surface area (TPSA) is 88.3 Å². The minimum absolute atomic E-state index is 0.151. The summed E-state index contributed by atoms with van der Waals surface area (Å²) in [5, 5.41) is 0. The van der Waals surface area contributed by atoms with Crippen LogP contribution in [0, 0.1) is 0 Å². The second kappa shape index (κ2) is 6.31. The number of pyridine rings is 1. The quantitative estimate of drug-likeness (QED) is 0.645. The van der Waals surface area contributed by atoms with Crippen molar-refractivity contribution in [2.24, 2.45) is 5.84 Å². The maximum Gasteiger partial charge on any atom is 0.246 e. The van der Waals surface area contributed by atoms with Gasteiger partial charge in [0.1, 0.15) is 4.90 Å². The number of aromatic nitrogens is 1. The van der Waals surface area contributed by atoms with E-state index >= 15 is 0 Å². The first-order chi connectivity index (χ1) is 9.16. The van der Waals surface area contributed by atoms with Gasteiger partial charge in [0.05, 0.1) is 0 Å². The first kappa shape index (κ1) is 14.2. The van der Waals surface area contributed by atoms with Crippen LogP contribution in [0.5, 0.6) is 0 Å². The summed E-state index contributed by atoms with van der Waals surface area (Å²) in [4.78, 5) is 4.11. The predicted octanol–water partition coefficient (Wildman–Crippen LogP) is 1.32. The van der Waals surface area contributed by atoms with Gasteiger partial charge < -0.3 is 5.43 Å². The highest BCUT2D eigenvalue weighted by Crippen LogP contribution is 2.23. The lowest BCUT2D eigenvalue weighted by molar-refractivity contribution is 0.364. The Morgan fingerprint density at radius 3 is 2.42 bits per heavy atom. The number of hydrogen-bond donors (Lipinski definition) is 2. The van der Waals surface area contributed by atoms with Crippen LogP contribution in [0.3, 0.4) is 0 Å². The van der Waals surface area contributed by atoms with E-state index < -0.39 is 10.0 Å². The van der Waals surface area contributed by atoms with E-state index in [-0.39, 0.29) is 10.7 Å². The van der Waals surface area contributed by atoms with Crippen LogP contribution in [-0.4, -0.2) is 30.8 Å². The highest BCUT2D eigenvalue weighted by atomic mass is 32.2. The number of nitrogens with two attached hydrogens (primary N) is 1. The number of nitrogen functional groups attached to an aromatic ring is 1. The van der Waals surface area contributed by atoms with Crippen molar-refractivity contribution in [1.82, 2.24) is 9.29 Å². The Labute approximate surface area is 114 Å². The van der Waals surface area contributed by atoms with Crippen molar-refractivity contribution < 1.29 is 8.42 Å². The van der Waals surface area contributed by atoms with Crippen molar-refractivity contribution in [1.29, 1.82) is 0 Å². The van der Waals surface area contributed by atoms with Gasteiger partial charge in [-0.25, -0.2) is 19.2 Å². The van der Waals surface area contributed by atoms with Crippen LogP contribution in [0.2, 0.25) is 0 Å². The van der Waals surface area contributed by atoms with Crippen molar-refractivity contribution in [2.45, 2.75) is 37.0 Å². The zero-order valence-corrected chi connectivity index (χ0v) is 11.7. The van der Waals surface area contributed by atoms with Crippen molar-refractivity contribution in [3.05, 3.63) is 18.3 Å². The zero-order chi connectivity index (χ0) is 13.7. The summed E-state index contributed by atoms with van der Waals surface area (Å²) in [6.07, 6.45) is 6.69. The van der Waals surface area contributed by atoms with Crippen LogP contribution < -0.4 is 11.3 Å². The molecule has 19 heavy (non-hydrogen) atoms. The summed E-state index contributed by atoms with van der Waals surface area (Å²) in [5.41, 5.74) is 2.35. The summed E-state index contributed by atoms with van der Waals surface area (Å²) in [7, 11) is -3.52. The van der Waals surface area contributed by atoms with Crippen molar-refractivity contribution in [3.63, 3.8) is 0 Å². The normalized spacial score (nSPS) is 18.6. The molecule has 1 saturated heterocycles. The molecule has 3 N–H and O–H groups in total. The standard InChI is InChI=1S/C12H20N4O2S/c13-15-12-11(7-6-8-14-12)19(17,18)16-9-4-2-1-3-5-10-16/h6-8H,1-5,9-10,13H2,(H,14,15). The highest BCUT2D eigenvalue weighted by molar-refractivity contribution is 7.89. The number of anilines is 1. The van der Waals surface area contributed by atoms with E-state index in [0.29, 0.717) is 13.1 Å². The molecule has 0 spiro atoms. The summed E-state index contributed by atoms with van der Waals surface area (Å²) in [6.45, 7) is 1.14. The molecular formula is C12H20N4O2S. The van der Waals surface area contributed by atoms with Gasteiger partial charge >= 0.3 is 0 Å². The van der Waals surface area contributed by atoms with Crippen molar-refractivity contribution >= 4 is 15.8 Å². The van der Waals surface area contributed by atoms with Gasteiger partial charge in [-0.2, -0.15) is 4.31 Å². The van der Waals surface area contributed by atoms with Gasteiger partial charge in [0.2, 0.25) is 10.0 Å². The molecule has 7 heteroatoms. The minimum atomic E-state index is -3.52. The molecule has 1 aromatic rings. The minimum Gasteiger partial charge on any atom is -0.307 e. The Morgan fingerprint density at radius 1 is 1.16 bits per heavy atom. The molecule has 106 valence electrons. The molecule has 0 unspecified atom stereocenters. The maximum atomic E-state index is 12.6. The van der Waals surface area contributed by atoms with E-state index in [1.807, 2.05) is 0 Å². The zero-order valence-electron chi connectivity index (χ0n) is 10.9. The van der Waals surface area contributed by atoms with Crippen LogP contribution in [0.4, 0.5) is 5.82 Å². The van der Waals surface area contributed by atoms with E-state index in [1.54, 1.807) is 10.4 Å². The molecule has 1 aromatic heterocycles. The van der Waals surface area contributed by atoms with Crippen molar-refractivity contribution in [3.8, 4) is 0 Å². The molecule has 0 amide bonds. The highest BCUT2D eigenvalue weighted by Gasteiger charge is 2.27. The van der Waals surface area contributed by atoms with Crippen LogP contribution in [-0.2, 0) is 10.0 Å². The third kappa shape index (κ3) is 3.23. The number of hydrogen-bond acceptors (Lipinski definition) is 5. The lowest BCUT2D eigenvalue weighted by atomic mass is 10.1. The van der Waals surface area contributed by atoms with E-state index in [0.717, 1.165) is 25.7 Å². The number of nitrogens with one attached hydrogen (secondary N) is 1. The molecule has 0 aliphatic carbocycles. The Hall–Kier alpha value is -1.18. The van der Waals surface area contributed by atoms with Gasteiger partial charge in [-0.15, -0.1) is 0 Å². The molecule has 0 atom stereocenters. The number of sulfonamides is 1. The second-order valence-electron chi connectivity index (χ2n) is 4.67. The average molecular weight is 284 g/mol. The molecule has 1 aliphatic heterocycles. The molecule has 0 aromatic carbocycles. The Bertz CT molecular complexity index is 510. The Morgan fingerprint density at radius 2 is 1.79 bits per heavy atom. The summed E-state index contributed by atoms with van der Waals surface area (Å²) >= 11 is 0. The van der Waals surface area contributed by atoms with Gasteiger partial charge in [-0.3, -0.25) is 0 Å². The lowest BCUT2D eigenvalue weighted by Gasteiger charge is -2.24. The SMILES string of the molecule is NNc1ncccc1S(=O)(=O)N1CCCCCCC1. The van der Waals surface area contributed by atoms with Crippen LogP contribution in [0.15, 0.2) is 23.2 Å². The van der Waals surface area contributed by atoms with Crippen LogP contribution in [0.1, 0.15) is 32.1 Å². The van der Waals surface area contributed by atoms with E-state index in [2.05, 4.69) is 10.4 Å². The molecule has 0 saturated carbocycles. The predicted molar refractivity (Wildman–Crippen MR) is 73.9 cm³/mol. The van der Waals surface area contributed by atoms with E-state index in [4.69, 9.17) is 5.84 Å². The van der Waals surface area contributed by atoms with Crippen molar-refractivity contribution in [2.75, 3.05) is 18.5 Å². The molecule has 1 aliphatic rings. The van der Waals surface area contributed by atoms with E-state index in [9.17, 15) is 8.42 Å². The van der Waals surface area contributed by atoms with Gasteiger partial charge in [0.15, 0.2) is 5.82 Å². The fourth-order valence-corrected chi connectivity index (χ4v) is 3.93. The third-order valence-corrected chi connectivity index (χ3v) is 5.27. The maximum absolute atomic E-state index is 12.6. The number of nitrogens with zero attached hydrogens (tertiary/aromatic N) is 2. The number of rotatable bonds is 3. The first-order valence-electron chi connectivity index (χ1n) is 6.58.